The minimum atomic E-state index is -0.106. The lowest BCUT2D eigenvalue weighted by molar-refractivity contribution is 0.0941. The number of aromatic nitrogens is 3. The summed E-state index contributed by atoms with van der Waals surface area (Å²) in [5, 5.41) is 7.18. The SMILES string of the molecule is Cc1cc(CNC(=O)c2cc(C)nn2C)cc(N2CCCC2)n1. The van der Waals surface area contributed by atoms with E-state index >= 15 is 0 Å². The number of anilines is 1. The lowest BCUT2D eigenvalue weighted by atomic mass is 10.2. The van der Waals surface area contributed by atoms with Gasteiger partial charge in [0.1, 0.15) is 11.5 Å². The Bertz CT molecular complexity index is 716. The third-order valence-corrected chi connectivity index (χ3v) is 4.12. The molecule has 1 aliphatic heterocycles. The maximum Gasteiger partial charge on any atom is 0.269 e. The predicted molar refractivity (Wildman–Crippen MR) is 89.5 cm³/mol. The first-order chi connectivity index (χ1) is 11.0. The van der Waals surface area contributed by atoms with Crippen molar-refractivity contribution in [2.24, 2.45) is 7.05 Å². The van der Waals surface area contributed by atoms with Crippen molar-refractivity contribution in [2.75, 3.05) is 18.0 Å². The second kappa shape index (κ2) is 6.40. The van der Waals surface area contributed by atoms with E-state index in [0.717, 1.165) is 35.9 Å². The van der Waals surface area contributed by atoms with Crippen LogP contribution in [0, 0.1) is 13.8 Å². The fourth-order valence-electron chi connectivity index (χ4n) is 3.03. The number of rotatable bonds is 4. The Kier molecular flexibility index (Phi) is 4.32. The Hall–Kier alpha value is -2.37. The van der Waals surface area contributed by atoms with Crippen molar-refractivity contribution in [3.63, 3.8) is 0 Å². The lowest BCUT2D eigenvalue weighted by Gasteiger charge is -2.18. The highest BCUT2D eigenvalue weighted by Gasteiger charge is 2.15. The first-order valence-electron chi connectivity index (χ1n) is 8.04. The summed E-state index contributed by atoms with van der Waals surface area (Å²) in [6.45, 7) is 6.50. The fourth-order valence-corrected chi connectivity index (χ4v) is 3.03. The van der Waals surface area contributed by atoms with Gasteiger partial charge in [-0.25, -0.2) is 4.98 Å². The van der Waals surface area contributed by atoms with Crippen molar-refractivity contribution in [3.05, 3.63) is 40.8 Å². The van der Waals surface area contributed by atoms with Crippen molar-refractivity contribution in [3.8, 4) is 0 Å². The van der Waals surface area contributed by atoms with Crippen LogP contribution in [-0.2, 0) is 13.6 Å². The van der Waals surface area contributed by atoms with E-state index in [2.05, 4.69) is 26.4 Å². The van der Waals surface area contributed by atoms with Crippen molar-refractivity contribution >= 4 is 11.7 Å². The van der Waals surface area contributed by atoms with Crippen LogP contribution in [0.4, 0.5) is 5.82 Å². The summed E-state index contributed by atoms with van der Waals surface area (Å²) in [7, 11) is 1.78. The number of nitrogens with one attached hydrogen (secondary N) is 1. The molecule has 6 nitrogen and oxygen atoms in total. The van der Waals surface area contributed by atoms with Gasteiger partial charge in [0, 0.05) is 32.4 Å². The Morgan fingerprint density at radius 3 is 2.57 bits per heavy atom. The second-order valence-corrected chi connectivity index (χ2v) is 6.15. The zero-order chi connectivity index (χ0) is 16.4. The molecule has 0 aliphatic carbocycles. The molecule has 0 spiro atoms. The molecule has 6 heteroatoms. The highest BCUT2D eigenvalue weighted by Crippen LogP contribution is 2.20. The molecule has 2 aromatic rings. The van der Waals surface area contributed by atoms with Crippen molar-refractivity contribution in [1.82, 2.24) is 20.1 Å². The van der Waals surface area contributed by atoms with E-state index < -0.39 is 0 Å². The molecule has 0 unspecified atom stereocenters. The number of aryl methyl sites for hydroxylation is 3. The largest absolute Gasteiger partial charge is 0.357 e. The summed E-state index contributed by atoms with van der Waals surface area (Å²) in [5.41, 5.74) is 3.48. The molecule has 0 bridgehead atoms. The van der Waals surface area contributed by atoms with Gasteiger partial charge in [0.2, 0.25) is 0 Å². The molecule has 0 aromatic carbocycles. The molecule has 1 amide bonds. The van der Waals surface area contributed by atoms with Gasteiger partial charge in [0.25, 0.3) is 5.91 Å². The lowest BCUT2D eigenvalue weighted by Crippen LogP contribution is -2.25. The van der Waals surface area contributed by atoms with E-state index in [-0.39, 0.29) is 5.91 Å². The highest BCUT2D eigenvalue weighted by atomic mass is 16.2. The fraction of sp³-hybridized carbons (Fsp3) is 0.471. The third kappa shape index (κ3) is 3.52. The third-order valence-electron chi connectivity index (χ3n) is 4.12. The van der Waals surface area contributed by atoms with E-state index in [1.165, 1.54) is 12.8 Å². The van der Waals surface area contributed by atoms with Crippen LogP contribution in [0.5, 0.6) is 0 Å². The summed E-state index contributed by atoms with van der Waals surface area (Å²) in [4.78, 5) is 19.2. The minimum absolute atomic E-state index is 0.106. The molecule has 2 aromatic heterocycles. The first kappa shape index (κ1) is 15.5. The number of hydrogen-bond acceptors (Lipinski definition) is 4. The molecule has 0 atom stereocenters. The number of amides is 1. The number of nitrogens with zero attached hydrogens (tertiary/aromatic N) is 4. The van der Waals surface area contributed by atoms with Crippen LogP contribution in [0.1, 0.15) is 40.3 Å². The van der Waals surface area contributed by atoms with E-state index in [4.69, 9.17) is 0 Å². The molecule has 122 valence electrons. The highest BCUT2D eigenvalue weighted by molar-refractivity contribution is 5.92. The summed E-state index contributed by atoms with van der Waals surface area (Å²) in [5.74, 6) is 0.911. The molecule has 0 radical (unpaired) electrons. The summed E-state index contributed by atoms with van der Waals surface area (Å²) < 4.78 is 1.61. The van der Waals surface area contributed by atoms with Gasteiger partial charge >= 0.3 is 0 Å². The normalized spacial score (nSPS) is 14.3. The number of carbonyl (C=O) groups excluding carboxylic acids is 1. The van der Waals surface area contributed by atoms with E-state index in [1.54, 1.807) is 17.8 Å². The Labute approximate surface area is 136 Å². The van der Waals surface area contributed by atoms with Gasteiger partial charge in [-0.2, -0.15) is 5.10 Å². The average molecular weight is 313 g/mol. The van der Waals surface area contributed by atoms with Gasteiger partial charge in [-0.15, -0.1) is 0 Å². The summed E-state index contributed by atoms with van der Waals surface area (Å²) in [6, 6.07) is 5.89. The molecular weight excluding hydrogens is 290 g/mol. The van der Waals surface area contributed by atoms with Crippen LogP contribution in [-0.4, -0.2) is 33.8 Å². The Morgan fingerprint density at radius 1 is 1.17 bits per heavy atom. The van der Waals surface area contributed by atoms with Gasteiger partial charge in [-0.3, -0.25) is 9.48 Å². The number of hydrogen-bond donors (Lipinski definition) is 1. The standard InChI is InChI=1S/C17H23N5O/c1-12-8-14(10-16(19-12)22-6-4-5-7-22)11-18-17(23)15-9-13(2)20-21(15)3/h8-10H,4-7,11H2,1-3H3,(H,18,23). The maximum absolute atomic E-state index is 12.3. The zero-order valence-electron chi connectivity index (χ0n) is 14.0. The zero-order valence-corrected chi connectivity index (χ0v) is 14.0. The van der Waals surface area contributed by atoms with Gasteiger partial charge in [0.15, 0.2) is 0 Å². The van der Waals surface area contributed by atoms with Crippen LogP contribution in [0.25, 0.3) is 0 Å². The van der Waals surface area contributed by atoms with Gasteiger partial charge in [0.05, 0.1) is 5.69 Å². The molecular formula is C17H23N5O. The second-order valence-electron chi connectivity index (χ2n) is 6.15. The van der Waals surface area contributed by atoms with Crippen LogP contribution in [0.15, 0.2) is 18.2 Å². The van der Waals surface area contributed by atoms with Crippen LogP contribution < -0.4 is 10.2 Å². The smallest absolute Gasteiger partial charge is 0.269 e. The van der Waals surface area contributed by atoms with E-state index in [1.807, 2.05) is 19.9 Å². The molecule has 1 aliphatic rings. The summed E-state index contributed by atoms with van der Waals surface area (Å²) in [6.07, 6.45) is 2.45. The van der Waals surface area contributed by atoms with Gasteiger partial charge < -0.3 is 10.2 Å². The van der Waals surface area contributed by atoms with Gasteiger partial charge in [-0.1, -0.05) is 0 Å². The molecule has 0 saturated carbocycles. The van der Waals surface area contributed by atoms with Crippen molar-refractivity contribution in [1.29, 1.82) is 0 Å². The van der Waals surface area contributed by atoms with Crippen molar-refractivity contribution in [2.45, 2.75) is 33.2 Å². The van der Waals surface area contributed by atoms with Crippen molar-refractivity contribution < 1.29 is 4.79 Å². The number of carbonyl (C=O) groups is 1. The monoisotopic (exact) mass is 313 g/mol. The van der Waals surface area contributed by atoms with Gasteiger partial charge in [-0.05, 0) is 50.5 Å². The molecule has 1 saturated heterocycles. The van der Waals surface area contributed by atoms with E-state index in [0.29, 0.717) is 12.2 Å². The van der Waals surface area contributed by atoms with Crippen LogP contribution in [0.3, 0.4) is 0 Å². The van der Waals surface area contributed by atoms with Crippen LogP contribution in [0.2, 0.25) is 0 Å². The maximum atomic E-state index is 12.3. The van der Waals surface area contributed by atoms with E-state index in [9.17, 15) is 4.79 Å². The first-order valence-corrected chi connectivity index (χ1v) is 8.04. The summed E-state index contributed by atoms with van der Waals surface area (Å²) >= 11 is 0. The molecule has 23 heavy (non-hydrogen) atoms. The average Bonchev–Trinajstić information content (AvgIpc) is 3.14. The molecule has 1 fully saturated rings. The molecule has 3 rings (SSSR count). The Balaban J connectivity index is 1.70. The topological polar surface area (TPSA) is 63.1 Å². The number of pyridine rings is 1. The quantitative estimate of drug-likeness (QED) is 0.937. The molecule has 3 heterocycles. The molecule has 1 N–H and O–H groups in total. The minimum Gasteiger partial charge on any atom is -0.357 e. The van der Waals surface area contributed by atoms with Crippen LogP contribution >= 0.6 is 0 Å². The predicted octanol–water partition coefficient (Wildman–Crippen LogP) is 1.96. The Morgan fingerprint density at radius 2 is 1.91 bits per heavy atom.